The Balaban J connectivity index is -0.000000441. The number of hydrogen-bond acceptors (Lipinski definition) is 8. The van der Waals surface area contributed by atoms with E-state index in [1.54, 1.807) is 45.0 Å². The van der Waals surface area contributed by atoms with Gasteiger partial charge >= 0.3 is 23.9 Å². The van der Waals surface area contributed by atoms with E-state index >= 15 is 0 Å². The average molecular weight is 615 g/mol. The zero-order chi connectivity index (χ0) is 28.8. The maximum atomic E-state index is 11.6. The Bertz CT molecular complexity index is 749. The first-order valence-electron chi connectivity index (χ1n) is 10.9. The van der Waals surface area contributed by atoms with E-state index in [1.807, 2.05) is 13.0 Å². The van der Waals surface area contributed by atoms with Crippen molar-refractivity contribution in [3.05, 3.63) is 35.9 Å². The van der Waals surface area contributed by atoms with Crippen LogP contribution in [-0.2, 0) is 19.2 Å². The highest BCUT2D eigenvalue weighted by Crippen LogP contribution is 2.20. The van der Waals surface area contributed by atoms with Crippen LogP contribution in [0.5, 0.6) is 0 Å². The van der Waals surface area contributed by atoms with E-state index < -0.39 is 40.4 Å². The van der Waals surface area contributed by atoms with Gasteiger partial charge in [0, 0.05) is 5.56 Å². The molecule has 0 aromatic heterocycles. The Kier molecular flexibility index (Phi) is 24.9. The van der Waals surface area contributed by atoms with Gasteiger partial charge in [0.05, 0.1) is 5.25 Å². The van der Waals surface area contributed by atoms with Crippen LogP contribution in [0.3, 0.4) is 0 Å². The van der Waals surface area contributed by atoms with Gasteiger partial charge in [0.1, 0.15) is 16.1 Å². The fraction of sp³-hybridized carbons (Fsp3) is 0.522. The van der Waals surface area contributed by atoms with E-state index in [0.29, 0.717) is 31.2 Å². The minimum Gasteiger partial charge on any atom is -0.480 e. The molecule has 0 saturated carbocycles. The third-order valence-corrected chi connectivity index (χ3v) is 6.85. The van der Waals surface area contributed by atoms with E-state index in [9.17, 15) is 24.0 Å². The first-order chi connectivity index (χ1) is 16.7. The zero-order valence-corrected chi connectivity index (χ0v) is 24.0. The normalized spacial score (nSPS) is 12.9. The highest BCUT2D eigenvalue weighted by Gasteiger charge is 2.20. The average Bonchev–Trinajstić information content (AvgIpc) is 2.86. The summed E-state index contributed by atoms with van der Waals surface area (Å²) in [6.07, 6.45) is 2.15. The second-order valence-electron chi connectivity index (χ2n) is 6.84. The number of halogens is 1. The zero-order valence-electron chi connectivity index (χ0n) is 20.7. The summed E-state index contributed by atoms with van der Waals surface area (Å²) >= 11 is 7.53. The first kappa shape index (κ1) is 38.4. The molecule has 0 aliphatic heterocycles. The van der Waals surface area contributed by atoms with Crippen LogP contribution in [0, 0.1) is 0 Å². The molecule has 0 bridgehead atoms. The van der Waals surface area contributed by atoms with Crippen molar-refractivity contribution in [1.29, 1.82) is 0 Å². The van der Waals surface area contributed by atoms with Gasteiger partial charge in [-0.3, -0.25) is 24.0 Å². The molecule has 0 saturated heterocycles. The molecule has 0 aliphatic carbocycles. The standard InChI is InChI=1S/C11H12O3S.C4H7BrO2.C4H9NO2.C4H8O2S/c1-2-9(10(12)13)15-11(14)8-6-4-3-5-7-8;2*1-2-3(5)4(6)7;1-2-3(7)4(5)6/h3-7,9H,2H2,1H3,(H,12,13);3H,2H2,1H3,(H,6,7);3H,2,5H2,1H3,(H,6,7);3,7H,2H2,1H3,(H,5,6)/t9-;3*3-/m0110/s1. The number of thioether (sulfide) groups is 1. The van der Waals surface area contributed by atoms with Gasteiger partial charge in [0.2, 0.25) is 5.12 Å². The lowest BCUT2D eigenvalue weighted by Crippen LogP contribution is -2.28. The number of carbonyl (C=O) groups is 5. The molecule has 4 atom stereocenters. The van der Waals surface area contributed by atoms with Gasteiger partial charge in [-0.1, -0.05) is 85.7 Å². The van der Waals surface area contributed by atoms with E-state index in [2.05, 4.69) is 28.6 Å². The highest BCUT2D eigenvalue weighted by atomic mass is 79.9. The second-order valence-corrected chi connectivity index (χ2v) is 9.74. The molecule has 6 N–H and O–H groups in total. The Morgan fingerprint density at radius 3 is 1.50 bits per heavy atom. The maximum Gasteiger partial charge on any atom is 0.320 e. The smallest absolute Gasteiger partial charge is 0.320 e. The number of nitrogens with two attached hydrogens (primary N) is 1. The number of rotatable bonds is 10. The van der Waals surface area contributed by atoms with Gasteiger partial charge in [-0.05, 0) is 25.7 Å². The molecule has 0 aliphatic rings. The molecule has 0 radical (unpaired) electrons. The summed E-state index contributed by atoms with van der Waals surface area (Å²) in [5.74, 6) is -3.50. The number of thiol groups is 1. The fourth-order valence-corrected chi connectivity index (χ4v) is 2.40. The van der Waals surface area contributed by atoms with E-state index in [1.165, 1.54) is 0 Å². The van der Waals surface area contributed by atoms with Crippen LogP contribution < -0.4 is 5.73 Å². The molecular weight excluding hydrogens is 578 g/mol. The summed E-state index contributed by atoms with van der Waals surface area (Å²) in [7, 11) is 0. The van der Waals surface area contributed by atoms with Crippen LogP contribution in [0.25, 0.3) is 0 Å². The predicted octanol–water partition coefficient (Wildman–Crippen LogP) is 4.26. The quantitative estimate of drug-likeness (QED) is 0.163. The number of carboxylic acid groups (broad SMARTS) is 4. The van der Waals surface area contributed by atoms with E-state index in [0.717, 1.165) is 11.8 Å². The first-order valence-corrected chi connectivity index (χ1v) is 13.3. The summed E-state index contributed by atoms with van der Waals surface area (Å²) in [6, 6.07) is 8.02. The second kappa shape index (κ2) is 23.3. The Labute approximate surface area is 229 Å². The fourth-order valence-electron chi connectivity index (χ4n) is 1.60. The Morgan fingerprint density at radius 2 is 1.31 bits per heavy atom. The van der Waals surface area contributed by atoms with Crippen molar-refractivity contribution in [1.82, 2.24) is 0 Å². The van der Waals surface area contributed by atoms with Crippen molar-refractivity contribution in [2.75, 3.05) is 0 Å². The topological polar surface area (TPSA) is 192 Å². The largest absolute Gasteiger partial charge is 0.480 e. The molecular formula is C23H36BrNO9S2. The molecule has 0 spiro atoms. The Hall–Kier alpha value is -2.09. The van der Waals surface area contributed by atoms with E-state index in [-0.39, 0.29) is 9.94 Å². The number of carboxylic acids is 4. The maximum absolute atomic E-state index is 11.6. The summed E-state index contributed by atoms with van der Waals surface area (Å²) < 4.78 is 0. The van der Waals surface area contributed by atoms with Crippen molar-refractivity contribution in [3.63, 3.8) is 0 Å². The van der Waals surface area contributed by atoms with Crippen molar-refractivity contribution in [2.45, 2.75) is 74.7 Å². The molecule has 0 amide bonds. The van der Waals surface area contributed by atoms with Crippen molar-refractivity contribution < 1.29 is 44.4 Å². The van der Waals surface area contributed by atoms with Gasteiger partial charge in [-0.25, -0.2) is 0 Å². The lowest BCUT2D eigenvalue weighted by molar-refractivity contribution is -0.139. The van der Waals surface area contributed by atoms with Gasteiger partial charge in [0.15, 0.2) is 0 Å². The molecule has 13 heteroatoms. The number of benzene rings is 1. The van der Waals surface area contributed by atoms with Crippen LogP contribution >= 0.6 is 40.3 Å². The lowest BCUT2D eigenvalue weighted by Gasteiger charge is -2.07. The van der Waals surface area contributed by atoms with Crippen molar-refractivity contribution in [3.8, 4) is 0 Å². The number of alkyl halides is 1. The summed E-state index contributed by atoms with van der Waals surface area (Å²) in [5, 5.41) is 31.8. The van der Waals surface area contributed by atoms with Crippen LogP contribution in [-0.4, -0.2) is 70.8 Å². The van der Waals surface area contributed by atoms with E-state index in [4.69, 9.17) is 26.2 Å². The highest BCUT2D eigenvalue weighted by molar-refractivity contribution is 9.10. The molecule has 1 rings (SSSR count). The molecule has 0 heterocycles. The van der Waals surface area contributed by atoms with Crippen LogP contribution in [0.1, 0.15) is 63.7 Å². The van der Waals surface area contributed by atoms with Gasteiger partial charge in [-0.2, -0.15) is 12.6 Å². The minimum atomic E-state index is -0.938. The number of hydrogen-bond donors (Lipinski definition) is 6. The molecule has 10 nitrogen and oxygen atoms in total. The lowest BCUT2D eigenvalue weighted by atomic mass is 10.2. The molecule has 0 unspecified atom stereocenters. The molecule has 1 aromatic carbocycles. The summed E-state index contributed by atoms with van der Waals surface area (Å²) in [5.41, 5.74) is 5.56. The predicted molar refractivity (Wildman–Crippen MR) is 147 cm³/mol. The minimum absolute atomic E-state index is 0.190. The number of carbonyl (C=O) groups excluding carboxylic acids is 1. The summed E-state index contributed by atoms with van der Waals surface area (Å²) in [6.45, 7) is 7.09. The summed E-state index contributed by atoms with van der Waals surface area (Å²) in [4.78, 5) is 51.5. The van der Waals surface area contributed by atoms with Crippen molar-refractivity contribution >= 4 is 69.3 Å². The van der Waals surface area contributed by atoms with Gasteiger partial charge in [-0.15, -0.1) is 0 Å². The molecule has 1 aromatic rings. The van der Waals surface area contributed by atoms with Crippen LogP contribution in [0.4, 0.5) is 0 Å². The third-order valence-electron chi connectivity index (χ3n) is 3.96. The molecule has 36 heavy (non-hydrogen) atoms. The molecule has 0 fully saturated rings. The van der Waals surface area contributed by atoms with Crippen LogP contribution in [0.15, 0.2) is 30.3 Å². The molecule has 206 valence electrons. The number of aliphatic carboxylic acids is 4. The van der Waals surface area contributed by atoms with Crippen LogP contribution in [0.2, 0.25) is 0 Å². The monoisotopic (exact) mass is 613 g/mol. The van der Waals surface area contributed by atoms with Gasteiger partial charge in [0.25, 0.3) is 0 Å². The Morgan fingerprint density at radius 1 is 0.806 bits per heavy atom. The third kappa shape index (κ3) is 21.2. The van der Waals surface area contributed by atoms with Crippen molar-refractivity contribution in [2.24, 2.45) is 5.73 Å². The SMILES string of the molecule is CC[C@@H](Br)C(=O)O.CC[C@@H](N)C(=O)O.CC[C@H](S)C(=O)O.CC[C@H](SC(=O)c1ccccc1)C(=O)O. The van der Waals surface area contributed by atoms with Gasteiger partial charge < -0.3 is 26.2 Å².